The van der Waals surface area contributed by atoms with E-state index in [1.807, 2.05) is 24.3 Å². The summed E-state index contributed by atoms with van der Waals surface area (Å²) < 4.78 is 4.80. The Hall–Kier alpha value is -4.19. The van der Waals surface area contributed by atoms with Crippen molar-refractivity contribution < 1.29 is 39.2 Å². The second-order valence-electron chi connectivity index (χ2n) is 9.15. The lowest BCUT2D eigenvalue weighted by Gasteiger charge is -2.13. The molecule has 2 aromatic heterocycles. The number of unbranched alkanes of at least 4 members (excludes halogenated alkanes) is 1. The number of imidazole rings is 1. The van der Waals surface area contributed by atoms with Crippen LogP contribution in [0.2, 0.25) is 0 Å². The third-order valence-electron chi connectivity index (χ3n) is 5.72. The van der Waals surface area contributed by atoms with Gasteiger partial charge in [0.15, 0.2) is 0 Å². The minimum atomic E-state index is -1.18. The maximum Gasteiger partial charge on any atom is 0.330 e. The number of nitrogens with zero attached hydrogens (tertiary/aromatic N) is 1. The van der Waals surface area contributed by atoms with Gasteiger partial charge in [0.1, 0.15) is 24.2 Å². The minimum absolute atomic E-state index is 0.276. The molecule has 0 radical (unpaired) electrons. The number of ether oxygens (including phenoxy) is 1. The number of nitrogens with two attached hydrogens (primary N) is 5. The second-order valence-corrected chi connectivity index (χ2v) is 9.15. The van der Waals surface area contributed by atoms with Gasteiger partial charge in [0.25, 0.3) is 0 Å². The molecule has 16 heteroatoms. The van der Waals surface area contributed by atoms with E-state index in [-0.39, 0.29) is 12.8 Å². The first kappa shape index (κ1) is 35.8. The Bertz CT molecular complexity index is 1250. The molecule has 0 saturated carbocycles. The number of para-hydroxylation sites is 1. The molecule has 0 spiro atoms. The number of H-pyrrole nitrogens is 2. The maximum atomic E-state index is 12.0. The van der Waals surface area contributed by atoms with Crippen LogP contribution in [0.3, 0.4) is 0 Å². The number of carbonyl (C=O) groups is 4. The Labute approximate surface area is 241 Å². The lowest BCUT2D eigenvalue weighted by Crippen LogP contribution is -2.40. The summed E-state index contributed by atoms with van der Waals surface area (Å²) in [4.78, 5) is 53.3. The number of carbonyl (C=O) groups excluding carboxylic acids is 2. The van der Waals surface area contributed by atoms with Gasteiger partial charge in [-0.15, -0.1) is 0 Å². The first-order valence-electron chi connectivity index (χ1n) is 13.0. The number of esters is 2. The van der Waals surface area contributed by atoms with Gasteiger partial charge >= 0.3 is 23.9 Å². The molecule has 16 nitrogen and oxygen atoms in total. The van der Waals surface area contributed by atoms with E-state index in [0.29, 0.717) is 19.4 Å². The lowest BCUT2D eigenvalue weighted by atomic mass is 10.1. The summed E-state index contributed by atoms with van der Waals surface area (Å²) in [5.74, 6) is -3.69. The molecule has 0 bridgehead atoms. The van der Waals surface area contributed by atoms with E-state index in [1.54, 1.807) is 12.4 Å². The average Bonchev–Trinajstić information content (AvgIpc) is 3.63. The van der Waals surface area contributed by atoms with E-state index < -0.39 is 54.7 Å². The molecule has 0 amide bonds. The number of carboxylic acids is 2. The van der Waals surface area contributed by atoms with Crippen molar-refractivity contribution in [2.75, 3.05) is 13.2 Å². The number of carboxylic acid groups (broad SMARTS) is 2. The number of aromatic amines is 2. The monoisotopic (exact) mass is 592 g/mol. The fourth-order valence-electron chi connectivity index (χ4n) is 3.30. The Kier molecular flexibility index (Phi) is 16.2. The smallest absolute Gasteiger partial charge is 0.330 e. The van der Waals surface area contributed by atoms with Crippen molar-refractivity contribution in [1.82, 2.24) is 15.0 Å². The van der Waals surface area contributed by atoms with Crippen molar-refractivity contribution in [1.29, 1.82) is 0 Å². The van der Waals surface area contributed by atoms with Gasteiger partial charge in [-0.05, 0) is 31.0 Å². The number of benzene rings is 1. The van der Waals surface area contributed by atoms with E-state index in [9.17, 15) is 19.2 Å². The maximum absolute atomic E-state index is 12.0. The number of rotatable bonds is 13. The highest BCUT2D eigenvalue weighted by atomic mass is 16.6. The van der Waals surface area contributed by atoms with Crippen LogP contribution in [0.15, 0.2) is 43.0 Å². The van der Waals surface area contributed by atoms with Crippen molar-refractivity contribution in [3.8, 4) is 0 Å². The second kappa shape index (κ2) is 19.0. The standard InChI is InChI=1S/C17H24N4O3.C6H9N3O2.C3H7NO3/c18-8-4-3-6-13(19)16(22)24-17(23)14(20)9-11-10-21-15-7-2-1-5-12(11)15;7-5(6(10)11)1-4-2-8-3-9-4;4-2(1-5)3(6)7/h1-2,5,7,10,13-14,21H,3-4,6,8-9,18-20H2;2-3,5H,1,7H2,(H,8,9)(H,10,11);2,5H,1,4H2,(H,6,7)/t13-,14-;5-;2-/m001/s1. The molecule has 0 aliphatic rings. The molecule has 2 heterocycles. The Morgan fingerprint density at radius 3 is 2.05 bits per heavy atom. The normalized spacial score (nSPS) is 13.4. The zero-order chi connectivity index (χ0) is 31.7. The number of aromatic nitrogens is 3. The van der Waals surface area contributed by atoms with Gasteiger partial charge < -0.3 is 58.7 Å². The van der Waals surface area contributed by atoms with E-state index in [0.717, 1.165) is 28.6 Å². The molecule has 0 saturated heterocycles. The van der Waals surface area contributed by atoms with E-state index in [2.05, 4.69) is 15.0 Å². The van der Waals surface area contributed by atoms with Crippen LogP contribution < -0.4 is 28.7 Å². The summed E-state index contributed by atoms with van der Waals surface area (Å²) in [6.07, 6.45) is 7.33. The quantitative estimate of drug-likeness (QED) is 0.0602. The molecule has 0 fully saturated rings. The summed E-state index contributed by atoms with van der Waals surface area (Å²) >= 11 is 0. The van der Waals surface area contributed by atoms with Crippen LogP contribution in [0.5, 0.6) is 0 Å². The van der Waals surface area contributed by atoms with Crippen LogP contribution >= 0.6 is 0 Å². The first-order valence-corrected chi connectivity index (χ1v) is 13.0. The molecule has 0 aliphatic carbocycles. The van der Waals surface area contributed by atoms with Crippen LogP contribution in [0.1, 0.15) is 30.5 Å². The Morgan fingerprint density at radius 1 is 0.857 bits per heavy atom. The molecule has 232 valence electrons. The molecule has 4 atom stereocenters. The lowest BCUT2D eigenvalue weighted by molar-refractivity contribution is -0.161. The van der Waals surface area contributed by atoms with E-state index in [1.165, 1.54) is 6.33 Å². The average molecular weight is 593 g/mol. The molecule has 0 aliphatic heterocycles. The summed E-state index contributed by atoms with van der Waals surface area (Å²) in [6, 6.07) is 3.97. The summed E-state index contributed by atoms with van der Waals surface area (Å²) in [5.41, 5.74) is 29.6. The highest BCUT2D eigenvalue weighted by Crippen LogP contribution is 2.19. The van der Waals surface area contributed by atoms with Gasteiger partial charge in [-0.3, -0.25) is 9.59 Å². The number of nitrogens with one attached hydrogen (secondary N) is 2. The van der Waals surface area contributed by atoms with Gasteiger partial charge in [0, 0.05) is 41.8 Å². The number of aliphatic hydroxyl groups is 1. The fourth-order valence-corrected chi connectivity index (χ4v) is 3.30. The van der Waals surface area contributed by atoms with Crippen molar-refractivity contribution in [3.05, 3.63) is 54.2 Å². The zero-order valence-electron chi connectivity index (χ0n) is 23.0. The molecule has 3 aromatic rings. The highest BCUT2D eigenvalue weighted by molar-refractivity contribution is 5.91. The van der Waals surface area contributed by atoms with Gasteiger partial charge in [-0.25, -0.2) is 14.6 Å². The van der Waals surface area contributed by atoms with E-state index in [4.69, 9.17) is 48.7 Å². The van der Waals surface area contributed by atoms with Crippen molar-refractivity contribution in [3.63, 3.8) is 0 Å². The zero-order valence-corrected chi connectivity index (χ0v) is 23.0. The molecule has 0 unspecified atom stereocenters. The predicted octanol–water partition coefficient (Wildman–Crippen LogP) is -1.68. The molecule has 15 N–H and O–H groups in total. The Morgan fingerprint density at radius 2 is 1.50 bits per heavy atom. The highest BCUT2D eigenvalue weighted by Gasteiger charge is 2.24. The van der Waals surface area contributed by atoms with Gasteiger partial charge in [0.2, 0.25) is 0 Å². The number of aliphatic hydroxyl groups excluding tert-OH is 1. The van der Waals surface area contributed by atoms with E-state index >= 15 is 0 Å². The molecular weight excluding hydrogens is 552 g/mol. The number of fused-ring (bicyclic) bond motifs is 1. The number of hydrogen-bond donors (Lipinski definition) is 10. The van der Waals surface area contributed by atoms with Gasteiger partial charge in [-0.1, -0.05) is 24.6 Å². The predicted molar refractivity (Wildman–Crippen MR) is 153 cm³/mol. The van der Waals surface area contributed by atoms with Crippen molar-refractivity contribution >= 4 is 34.8 Å². The summed E-state index contributed by atoms with van der Waals surface area (Å²) in [5, 5.41) is 25.3. The molecule has 1 aromatic carbocycles. The molecule has 42 heavy (non-hydrogen) atoms. The summed E-state index contributed by atoms with van der Waals surface area (Å²) in [6.45, 7) is 0.0333. The van der Waals surface area contributed by atoms with Crippen LogP contribution in [0.25, 0.3) is 10.9 Å². The minimum Gasteiger partial charge on any atom is -0.480 e. The van der Waals surface area contributed by atoms with Crippen LogP contribution in [-0.4, -0.2) is 91.5 Å². The topological polar surface area (TPSA) is 313 Å². The van der Waals surface area contributed by atoms with Crippen LogP contribution in [0, 0.1) is 0 Å². The largest absolute Gasteiger partial charge is 0.480 e. The van der Waals surface area contributed by atoms with Crippen molar-refractivity contribution in [2.24, 2.45) is 28.7 Å². The van der Waals surface area contributed by atoms with Gasteiger partial charge in [0.05, 0.1) is 12.9 Å². The summed E-state index contributed by atoms with van der Waals surface area (Å²) in [7, 11) is 0. The van der Waals surface area contributed by atoms with Gasteiger partial charge in [-0.2, -0.15) is 0 Å². The molecular formula is C26H40N8O8. The fraction of sp³-hybridized carbons (Fsp3) is 0.423. The first-order chi connectivity index (χ1) is 19.9. The Balaban J connectivity index is 0.000000402. The van der Waals surface area contributed by atoms with Crippen molar-refractivity contribution in [2.45, 2.75) is 56.3 Å². The number of hydrogen-bond acceptors (Lipinski definition) is 12. The number of aliphatic carboxylic acids is 2. The van der Waals surface area contributed by atoms with Crippen LogP contribution in [0.4, 0.5) is 0 Å². The molecule has 3 rings (SSSR count). The third kappa shape index (κ3) is 13.0. The van der Waals surface area contributed by atoms with Crippen LogP contribution in [-0.2, 0) is 36.8 Å². The third-order valence-corrected chi connectivity index (χ3v) is 5.72. The SMILES string of the molecule is NCCCC[C@H](N)C(=O)OC(=O)[C@@H](N)Cc1c[nH]c2ccccc12.N[C@@H](Cc1cnc[nH]1)C(=O)O.N[C@H](CO)C(=O)O.